The zero-order chi connectivity index (χ0) is 22.8. The summed E-state index contributed by atoms with van der Waals surface area (Å²) < 4.78 is 12.4. The molecular weight excluding hydrogens is 513 g/mol. The number of aryl methyl sites for hydroxylation is 1. The van der Waals surface area contributed by atoms with Gasteiger partial charge in [0.2, 0.25) is 0 Å². The SMILES string of the molecule is CCO[C@@H](CC/C=C/C(=O)O)[C@@H](OC(=O)Nc1ccc(C)cc1)c1cc(I)ccc1O. The number of phenols is 1. The van der Waals surface area contributed by atoms with Gasteiger partial charge in [-0.1, -0.05) is 23.8 Å². The van der Waals surface area contributed by atoms with Crippen LogP contribution in [0.25, 0.3) is 0 Å². The molecule has 2 rings (SSSR count). The summed E-state index contributed by atoms with van der Waals surface area (Å²) in [5.74, 6) is -1.05. The van der Waals surface area contributed by atoms with E-state index in [1.807, 2.05) is 26.0 Å². The number of aliphatic carboxylic acids is 1. The molecule has 0 unspecified atom stereocenters. The Hall–Kier alpha value is -2.59. The molecule has 0 fully saturated rings. The van der Waals surface area contributed by atoms with E-state index in [0.717, 1.165) is 15.2 Å². The molecule has 2 atom stereocenters. The second-order valence-electron chi connectivity index (χ2n) is 6.83. The first-order valence-electron chi connectivity index (χ1n) is 9.84. The van der Waals surface area contributed by atoms with Crippen LogP contribution in [0, 0.1) is 10.5 Å². The molecular formula is C23H26INO6. The maximum Gasteiger partial charge on any atom is 0.412 e. The molecule has 166 valence electrons. The second kappa shape index (κ2) is 12.3. The molecule has 1 amide bonds. The molecule has 3 N–H and O–H groups in total. The summed E-state index contributed by atoms with van der Waals surface area (Å²) in [7, 11) is 0. The van der Waals surface area contributed by atoms with Gasteiger partial charge in [0.05, 0.1) is 6.10 Å². The van der Waals surface area contributed by atoms with Crippen molar-refractivity contribution in [3.05, 3.63) is 69.3 Å². The summed E-state index contributed by atoms with van der Waals surface area (Å²) in [5.41, 5.74) is 2.07. The molecule has 7 nitrogen and oxygen atoms in total. The lowest BCUT2D eigenvalue weighted by Crippen LogP contribution is -2.29. The molecule has 2 aromatic rings. The fraction of sp³-hybridized carbons (Fsp3) is 0.304. The van der Waals surface area contributed by atoms with Gasteiger partial charge in [0.15, 0.2) is 6.10 Å². The minimum atomic E-state index is -1.03. The predicted octanol–water partition coefficient (Wildman–Crippen LogP) is 5.42. The number of nitrogens with one attached hydrogen (secondary N) is 1. The molecule has 8 heteroatoms. The zero-order valence-corrected chi connectivity index (χ0v) is 19.5. The molecule has 2 aromatic carbocycles. The third kappa shape index (κ3) is 8.22. The third-order valence-electron chi connectivity index (χ3n) is 4.42. The number of aromatic hydroxyl groups is 1. The smallest absolute Gasteiger partial charge is 0.412 e. The number of benzene rings is 2. The van der Waals surface area contributed by atoms with Gasteiger partial charge in [-0.05, 0) is 79.6 Å². The van der Waals surface area contributed by atoms with Crippen LogP contribution in [-0.2, 0) is 14.3 Å². The van der Waals surface area contributed by atoms with Crippen molar-refractivity contribution in [3.63, 3.8) is 0 Å². The van der Waals surface area contributed by atoms with Crippen molar-refractivity contribution in [2.75, 3.05) is 11.9 Å². The van der Waals surface area contributed by atoms with Crippen molar-refractivity contribution < 1.29 is 29.3 Å². The summed E-state index contributed by atoms with van der Waals surface area (Å²) in [6.45, 7) is 4.12. The van der Waals surface area contributed by atoms with E-state index in [4.69, 9.17) is 14.6 Å². The van der Waals surface area contributed by atoms with Crippen LogP contribution in [0.3, 0.4) is 0 Å². The van der Waals surface area contributed by atoms with Crippen molar-refractivity contribution in [1.82, 2.24) is 0 Å². The van der Waals surface area contributed by atoms with Crippen LogP contribution >= 0.6 is 22.6 Å². The highest BCUT2D eigenvalue weighted by atomic mass is 127. The Bertz CT molecular complexity index is 913. The highest BCUT2D eigenvalue weighted by Gasteiger charge is 2.30. The van der Waals surface area contributed by atoms with E-state index in [9.17, 15) is 14.7 Å². The summed E-state index contributed by atoms with van der Waals surface area (Å²) >= 11 is 2.11. The fourth-order valence-electron chi connectivity index (χ4n) is 2.97. The summed E-state index contributed by atoms with van der Waals surface area (Å²) in [5, 5.41) is 21.9. The normalized spacial score (nSPS) is 13.0. The standard InChI is InChI=1S/C23H26INO6/c1-3-30-20(6-4-5-7-21(27)28)22(18-14-16(24)10-13-19(18)26)31-23(29)25-17-11-8-15(2)9-12-17/h5,7-14,20,22,26H,3-4,6H2,1-2H3,(H,25,29)(H,27,28)/b7-5+/t20-,22-/m0/s1. The first-order chi connectivity index (χ1) is 14.8. The number of hydrogen-bond acceptors (Lipinski definition) is 5. The molecule has 0 aromatic heterocycles. The van der Waals surface area contributed by atoms with Crippen LogP contribution in [0.2, 0.25) is 0 Å². The average Bonchev–Trinajstić information content (AvgIpc) is 2.72. The first kappa shape index (κ1) is 24.7. The zero-order valence-electron chi connectivity index (χ0n) is 17.4. The monoisotopic (exact) mass is 539 g/mol. The van der Waals surface area contributed by atoms with Crippen LogP contribution in [-0.4, -0.2) is 35.0 Å². The molecule has 0 aliphatic carbocycles. The number of halogens is 1. The van der Waals surface area contributed by atoms with E-state index < -0.39 is 24.3 Å². The van der Waals surface area contributed by atoms with E-state index >= 15 is 0 Å². The summed E-state index contributed by atoms with van der Waals surface area (Å²) in [6, 6.07) is 12.3. The van der Waals surface area contributed by atoms with Gasteiger partial charge in [-0.3, -0.25) is 5.32 Å². The topological polar surface area (TPSA) is 105 Å². The second-order valence-corrected chi connectivity index (χ2v) is 8.08. The Morgan fingerprint density at radius 3 is 2.55 bits per heavy atom. The van der Waals surface area contributed by atoms with E-state index in [1.54, 1.807) is 30.3 Å². The summed E-state index contributed by atoms with van der Waals surface area (Å²) in [6.07, 6.45) is 1.22. The Balaban J connectivity index is 2.26. The van der Waals surface area contributed by atoms with Gasteiger partial charge >= 0.3 is 12.1 Å². The lowest BCUT2D eigenvalue weighted by Gasteiger charge is -2.28. The molecule has 0 bridgehead atoms. The Morgan fingerprint density at radius 1 is 1.19 bits per heavy atom. The predicted molar refractivity (Wildman–Crippen MR) is 126 cm³/mol. The molecule has 0 aliphatic rings. The van der Waals surface area contributed by atoms with Gasteiger partial charge in [-0.15, -0.1) is 0 Å². The van der Waals surface area contributed by atoms with Crippen molar-refractivity contribution >= 4 is 40.3 Å². The Morgan fingerprint density at radius 2 is 1.90 bits per heavy atom. The lowest BCUT2D eigenvalue weighted by atomic mass is 9.99. The molecule has 0 radical (unpaired) electrons. The van der Waals surface area contributed by atoms with Crippen molar-refractivity contribution in [1.29, 1.82) is 0 Å². The van der Waals surface area contributed by atoms with E-state index in [2.05, 4.69) is 27.9 Å². The van der Waals surface area contributed by atoms with Crippen LogP contribution < -0.4 is 5.32 Å². The largest absolute Gasteiger partial charge is 0.508 e. The molecule has 0 aliphatic heterocycles. The van der Waals surface area contributed by atoms with Crippen LogP contribution in [0.1, 0.15) is 37.0 Å². The van der Waals surface area contributed by atoms with E-state index in [1.165, 1.54) is 6.08 Å². The van der Waals surface area contributed by atoms with E-state index in [0.29, 0.717) is 30.7 Å². The number of anilines is 1. The number of carbonyl (C=O) groups is 2. The number of allylic oxidation sites excluding steroid dienone is 1. The van der Waals surface area contributed by atoms with Crippen LogP contribution in [0.5, 0.6) is 5.75 Å². The molecule has 0 saturated carbocycles. The molecule has 0 saturated heterocycles. The fourth-order valence-corrected chi connectivity index (χ4v) is 3.49. The van der Waals surface area contributed by atoms with Crippen LogP contribution in [0.15, 0.2) is 54.6 Å². The minimum absolute atomic E-state index is 0.0145. The molecule has 0 spiro atoms. The van der Waals surface area contributed by atoms with Gasteiger partial charge in [0.25, 0.3) is 0 Å². The number of carboxylic acids is 1. The number of phenolic OH excluding ortho intramolecular Hbond substituents is 1. The minimum Gasteiger partial charge on any atom is -0.508 e. The Labute approximate surface area is 195 Å². The Kier molecular flexibility index (Phi) is 9.80. The van der Waals surface area contributed by atoms with Crippen molar-refractivity contribution in [2.45, 2.75) is 38.9 Å². The first-order valence-corrected chi connectivity index (χ1v) is 10.9. The quantitative estimate of drug-likeness (QED) is 0.275. The van der Waals surface area contributed by atoms with E-state index in [-0.39, 0.29) is 5.75 Å². The average molecular weight is 539 g/mol. The maximum atomic E-state index is 12.6. The lowest BCUT2D eigenvalue weighted by molar-refractivity contribution is -0.131. The van der Waals surface area contributed by atoms with Crippen LogP contribution in [0.4, 0.5) is 10.5 Å². The van der Waals surface area contributed by atoms with Gasteiger partial charge in [0, 0.05) is 27.5 Å². The van der Waals surface area contributed by atoms with Crippen molar-refractivity contribution in [3.8, 4) is 5.75 Å². The number of rotatable bonds is 10. The number of amides is 1. The summed E-state index contributed by atoms with van der Waals surface area (Å²) in [4.78, 5) is 23.4. The van der Waals surface area contributed by atoms with Crippen molar-refractivity contribution in [2.24, 2.45) is 0 Å². The molecule has 0 heterocycles. The van der Waals surface area contributed by atoms with Gasteiger partial charge in [-0.25, -0.2) is 9.59 Å². The third-order valence-corrected chi connectivity index (χ3v) is 5.10. The number of carbonyl (C=O) groups excluding carboxylic acids is 1. The highest BCUT2D eigenvalue weighted by molar-refractivity contribution is 14.1. The highest BCUT2D eigenvalue weighted by Crippen LogP contribution is 2.34. The maximum absolute atomic E-state index is 12.6. The number of ether oxygens (including phenoxy) is 2. The molecule has 31 heavy (non-hydrogen) atoms. The number of hydrogen-bond donors (Lipinski definition) is 3. The van der Waals surface area contributed by atoms with Gasteiger partial charge in [0.1, 0.15) is 5.75 Å². The number of carboxylic acid groups (broad SMARTS) is 1. The van der Waals surface area contributed by atoms with Gasteiger partial charge in [-0.2, -0.15) is 0 Å². The van der Waals surface area contributed by atoms with Gasteiger partial charge < -0.3 is 19.7 Å².